The number of rotatable bonds is 6. The minimum absolute atomic E-state index is 0.847. The molecule has 2 aromatic carbocycles. The number of unbranched alkanes of at least 4 members (excludes halogenated alkanes) is 1. The van der Waals surface area contributed by atoms with Gasteiger partial charge in [-0.25, -0.2) is 4.98 Å². The number of fused-ring (bicyclic) bond motifs is 1. The van der Waals surface area contributed by atoms with Crippen LogP contribution in [-0.4, -0.2) is 16.7 Å². The van der Waals surface area contributed by atoms with Crippen molar-refractivity contribution in [2.75, 3.05) is 7.11 Å². The summed E-state index contributed by atoms with van der Waals surface area (Å²) < 4.78 is 7.83. The predicted octanol–water partition coefficient (Wildman–Crippen LogP) is 6.18. The van der Waals surface area contributed by atoms with E-state index in [9.17, 15) is 0 Å². The van der Waals surface area contributed by atoms with E-state index in [0.717, 1.165) is 42.0 Å². The minimum Gasteiger partial charge on any atom is -0.496 e. The first kappa shape index (κ1) is 17.3. The molecule has 3 nitrogen and oxygen atoms in total. The molecule has 0 aliphatic rings. The third-order valence-electron chi connectivity index (χ3n) is 4.94. The van der Waals surface area contributed by atoms with E-state index < -0.39 is 0 Å². The van der Waals surface area contributed by atoms with Crippen LogP contribution >= 0.6 is 0 Å². The molecular weight excluding hydrogens is 332 g/mol. The van der Waals surface area contributed by atoms with Gasteiger partial charge in [-0.05, 0) is 36.2 Å². The van der Waals surface area contributed by atoms with Gasteiger partial charge >= 0.3 is 0 Å². The van der Waals surface area contributed by atoms with Gasteiger partial charge in [-0.2, -0.15) is 0 Å². The van der Waals surface area contributed by atoms with Gasteiger partial charge in [-0.15, -0.1) is 0 Å². The van der Waals surface area contributed by atoms with Gasteiger partial charge in [-0.1, -0.05) is 55.8 Å². The van der Waals surface area contributed by atoms with Crippen LogP contribution < -0.4 is 4.74 Å². The SMILES string of the molecule is CCCCn1cc(-c2ccccc2)c2ccc(-c3ccccc3OC)nc21. The molecule has 27 heavy (non-hydrogen) atoms. The molecule has 3 heteroatoms. The Bertz CT molecular complexity index is 1050. The lowest BCUT2D eigenvalue weighted by Crippen LogP contribution is -1.98. The fourth-order valence-corrected chi connectivity index (χ4v) is 3.52. The summed E-state index contributed by atoms with van der Waals surface area (Å²) in [6, 6.07) is 22.9. The summed E-state index contributed by atoms with van der Waals surface area (Å²) >= 11 is 0. The van der Waals surface area contributed by atoms with Crippen LogP contribution in [0.2, 0.25) is 0 Å². The van der Waals surface area contributed by atoms with Crippen LogP contribution in [0.4, 0.5) is 0 Å². The van der Waals surface area contributed by atoms with Crippen LogP contribution in [0, 0.1) is 0 Å². The largest absolute Gasteiger partial charge is 0.496 e. The lowest BCUT2D eigenvalue weighted by atomic mass is 10.0. The number of nitrogens with zero attached hydrogens (tertiary/aromatic N) is 2. The molecule has 0 bridgehead atoms. The lowest BCUT2D eigenvalue weighted by Gasteiger charge is -2.09. The number of hydrogen-bond donors (Lipinski definition) is 0. The number of aromatic nitrogens is 2. The maximum Gasteiger partial charge on any atom is 0.141 e. The first-order valence-corrected chi connectivity index (χ1v) is 9.50. The average molecular weight is 356 g/mol. The summed E-state index contributed by atoms with van der Waals surface area (Å²) in [7, 11) is 1.70. The van der Waals surface area contributed by atoms with Gasteiger partial charge in [0.2, 0.25) is 0 Å². The normalized spacial score (nSPS) is 11.0. The van der Waals surface area contributed by atoms with E-state index in [1.807, 2.05) is 18.2 Å². The Hall–Kier alpha value is -3.07. The number of methoxy groups -OCH3 is 1. The van der Waals surface area contributed by atoms with Crippen LogP contribution in [0.5, 0.6) is 5.75 Å². The molecule has 0 fully saturated rings. The number of ether oxygens (including phenoxy) is 1. The van der Waals surface area contributed by atoms with Crippen LogP contribution in [-0.2, 0) is 6.54 Å². The second-order valence-electron chi connectivity index (χ2n) is 6.72. The number of pyridine rings is 1. The standard InChI is InChI=1S/C24H24N2O/c1-3-4-16-26-17-21(18-10-6-5-7-11-18)19-14-15-22(25-24(19)26)20-12-8-9-13-23(20)27-2/h5-15,17H,3-4,16H2,1-2H3. The molecular formula is C24H24N2O. The predicted molar refractivity (Wildman–Crippen MR) is 112 cm³/mol. The Morgan fingerprint density at radius 2 is 1.67 bits per heavy atom. The fraction of sp³-hybridized carbons (Fsp3) is 0.208. The highest BCUT2D eigenvalue weighted by atomic mass is 16.5. The second-order valence-corrected chi connectivity index (χ2v) is 6.72. The summed E-state index contributed by atoms with van der Waals surface area (Å²) in [4.78, 5) is 5.04. The molecule has 136 valence electrons. The molecule has 2 heterocycles. The van der Waals surface area contributed by atoms with E-state index in [1.54, 1.807) is 7.11 Å². The molecule has 0 atom stereocenters. The maximum absolute atomic E-state index is 5.53. The van der Waals surface area contributed by atoms with E-state index in [2.05, 4.69) is 66.2 Å². The monoisotopic (exact) mass is 356 g/mol. The van der Waals surface area contributed by atoms with Crippen molar-refractivity contribution in [3.63, 3.8) is 0 Å². The fourth-order valence-electron chi connectivity index (χ4n) is 3.52. The molecule has 0 amide bonds. The van der Waals surface area contributed by atoms with Crippen molar-refractivity contribution >= 4 is 11.0 Å². The molecule has 4 aromatic rings. The highest BCUT2D eigenvalue weighted by molar-refractivity contribution is 5.95. The van der Waals surface area contributed by atoms with Gasteiger partial charge in [-0.3, -0.25) is 0 Å². The zero-order valence-electron chi connectivity index (χ0n) is 15.9. The summed E-state index contributed by atoms with van der Waals surface area (Å²) in [6.07, 6.45) is 4.54. The number of hydrogen-bond acceptors (Lipinski definition) is 2. The van der Waals surface area contributed by atoms with Gasteiger partial charge in [0.05, 0.1) is 12.8 Å². The number of para-hydroxylation sites is 1. The minimum atomic E-state index is 0.847. The average Bonchev–Trinajstić information content (AvgIpc) is 3.10. The van der Waals surface area contributed by atoms with Crippen molar-refractivity contribution in [1.29, 1.82) is 0 Å². The Morgan fingerprint density at radius 1 is 0.889 bits per heavy atom. The van der Waals surface area contributed by atoms with E-state index >= 15 is 0 Å². The first-order chi connectivity index (χ1) is 13.3. The topological polar surface area (TPSA) is 27.1 Å². The summed E-state index contributed by atoms with van der Waals surface area (Å²) in [5.41, 5.74) is 5.46. The lowest BCUT2D eigenvalue weighted by molar-refractivity contribution is 0.416. The van der Waals surface area contributed by atoms with Crippen molar-refractivity contribution in [3.8, 4) is 28.1 Å². The van der Waals surface area contributed by atoms with Crippen molar-refractivity contribution in [2.45, 2.75) is 26.3 Å². The molecule has 0 radical (unpaired) electrons. The van der Waals surface area contributed by atoms with E-state index in [0.29, 0.717) is 0 Å². The van der Waals surface area contributed by atoms with Gasteiger partial charge < -0.3 is 9.30 Å². The van der Waals surface area contributed by atoms with Crippen molar-refractivity contribution in [2.24, 2.45) is 0 Å². The third kappa shape index (κ3) is 3.33. The Labute approximate surface area is 160 Å². The molecule has 0 saturated carbocycles. The highest BCUT2D eigenvalue weighted by Crippen LogP contribution is 2.34. The van der Waals surface area contributed by atoms with E-state index in [1.165, 1.54) is 16.5 Å². The summed E-state index contributed by atoms with van der Waals surface area (Å²) in [6.45, 7) is 3.19. The number of aryl methyl sites for hydroxylation is 1. The van der Waals surface area contributed by atoms with Crippen LogP contribution in [0.25, 0.3) is 33.4 Å². The molecule has 0 aliphatic heterocycles. The van der Waals surface area contributed by atoms with Gasteiger partial charge in [0.1, 0.15) is 11.4 Å². The quantitative estimate of drug-likeness (QED) is 0.412. The molecule has 0 saturated heterocycles. The van der Waals surface area contributed by atoms with Crippen molar-refractivity contribution < 1.29 is 4.74 Å². The van der Waals surface area contributed by atoms with E-state index in [4.69, 9.17) is 9.72 Å². The first-order valence-electron chi connectivity index (χ1n) is 9.50. The van der Waals surface area contributed by atoms with Crippen LogP contribution in [0.3, 0.4) is 0 Å². The van der Waals surface area contributed by atoms with Gasteiger partial charge in [0.15, 0.2) is 0 Å². The molecule has 4 rings (SSSR count). The maximum atomic E-state index is 5.53. The second kappa shape index (κ2) is 7.67. The molecule has 2 aromatic heterocycles. The molecule has 0 aliphatic carbocycles. The number of benzene rings is 2. The van der Waals surface area contributed by atoms with Gasteiger partial charge in [0.25, 0.3) is 0 Å². The smallest absolute Gasteiger partial charge is 0.141 e. The molecule has 0 unspecified atom stereocenters. The van der Waals surface area contributed by atoms with Crippen molar-refractivity contribution in [1.82, 2.24) is 9.55 Å². The highest BCUT2D eigenvalue weighted by Gasteiger charge is 2.14. The zero-order chi connectivity index (χ0) is 18.6. The Morgan fingerprint density at radius 3 is 2.44 bits per heavy atom. The van der Waals surface area contributed by atoms with Crippen LogP contribution in [0.15, 0.2) is 72.9 Å². The van der Waals surface area contributed by atoms with E-state index in [-0.39, 0.29) is 0 Å². The summed E-state index contributed by atoms with van der Waals surface area (Å²) in [5, 5.41) is 1.19. The van der Waals surface area contributed by atoms with Crippen LogP contribution in [0.1, 0.15) is 19.8 Å². The summed E-state index contributed by atoms with van der Waals surface area (Å²) in [5.74, 6) is 0.847. The van der Waals surface area contributed by atoms with Gasteiger partial charge in [0, 0.05) is 29.3 Å². The Kier molecular flexibility index (Phi) is 4.93. The molecule has 0 spiro atoms. The molecule has 0 N–H and O–H groups in total. The van der Waals surface area contributed by atoms with Crippen molar-refractivity contribution in [3.05, 3.63) is 72.9 Å². The Balaban J connectivity index is 1.89. The third-order valence-corrected chi connectivity index (χ3v) is 4.94. The zero-order valence-corrected chi connectivity index (χ0v) is 15.9.